The number of amides is 1. The molecular weight excluding hydrogens is 456 g/mol. The van der Waals surface area contributed by atoms with Gasteiger partial charge in [0.25, 0.3) is 5.91 Å². The van der Waals surface area contributed by atoms with E-state index in [1.165, 1.54) is 11.3 Å². The largest absolute Gasteiger partial charge is 0.486 e. The molecule has 0 aliphatic carbocycles. The maximum absolute atomic E-state index is 13.2. The van der Waals surface area contributed by atoms with Crippen LogP contribution < -0.4 is 10.1 Å². The van der Waals surface area contributed by atoms with Crippen LogP contribution in [0.5, 0.6) is 5.75 Å². The number of aromatic nitrogens is 1. The molecule has 0 bridgehead atoms. The summed E-state index contributed by atoms with van der Waals surface area (Å²) in [4.78, 5) is 23.2. The first-order chi connectivity index (χ1) is 16.0. The Hall–Kier alpha value is -2.45. The first-order valence-electron chi connectivity index (χ1n) is 11.1. The molecule has 2 aromatic carbocycles. The van der Waals surface area contributed by atoms with E-state index in [2.05, 4.69) is 39.3 Å². The lowest BCUT2D eigenvalue weighted by atomic mass is 10.1. The van der Waals surface area contributed by atoms with Gasteiger partial charge in [0.2, 0.25) is 0 Å². The minimum absolute atomic E-state index is 0.0858. The van der Waals surface area contributed by atoms with Gasteiger partial charge in [0.15, 0.2) is 0 Å². The van der Waals surface area contributed by atoms with E-state index in [1.54, 1.807) is 12.1 Å². The van der Waals surface area contributed by atoms with Crippen LogP contribution in [0.25, 0.3) is 0 Å². The second kappa shape index (κ2) is 11.1. The minimum atomic E-state index is -0.0919. The lowest BCUT2D eigenvalue weighted by molar-refractivity contribution is 0.0910. The van der Waals surface area contributed by atoms with Crippen LogP contribution in [-0.2, 0) is 6.61 Å². The zero-order valence-electron chi connectivity index (χ0n) is 19.0. The highest BCUT2D eigenvalue weighted by Crippen LogP contribution is 2.23. The van der Waals surface area contributed by atoms with Gasteiger partial charge in [0, 0.05) is 37.7 Å². The van der Waals surface area contributed by atoms with Crippen molar-refractivity contribution in [2.45, 2.75) is 19.6 Å². The van der Waals surface area contributed by atoms with Crippen LogP contribution in [0.1, 0.15) is 32.0 Å². The third-order valence-corrected chi connectivity index (χ3v) is 7.15. The number of nitrogens with one attached hydrogen (secondary N) is 1. The van der Waals surface area contributed by atoms with Crippen LogP contribution in [-0.4, -0.2) is 60.5 Å². The first kappa shape index (κ1) is 23.7. The standard InChI is InChI=1S/C25H29ClN4O2S/c1-18-24(33-23(27-18)17-32-21-10-8-20(26)9-11-21)25(31)28-22(19-6-4-3-5-7-19)16-30-14-12-29(2)13-15-30/h3-11,22H,12-17H2,1-2H3,(H,28,31). The molecule has 1 aromatic heterocycles. The number of rotatable bonds is 8. The monoisotopic (exact) mass is 484 g/mol. The topological polar surface area (TPSA) is 57.7 Å². The normalized spacial score (nSPS) is 15.8. The summed E-state index contributed by atoms with van der Waals surface area (Å²) in [5, 5.41) is 4.69. The number of piperazine rings is 1. The van der Waals surface area contributed by atoms with Crippen LogP contribution in [0.15, 0.2) is 54.6 Å². The van der Waals surface area contributed by atoms with E-state index in [9.17, 15) is 4.79 Å². The van der Waals surface area contributed by atoms with E-state index in [0.717, 1.165) is 54.7 Å². The second-order valence-electron chi connectivity index (χ2n) is 8.31. The van der Waals surface area contributed by atoms with Gasteiger partial charge in [-0.25, -0.2) is 4.98 Å². The Kier molecular flexibility index (Phi) is 7.98. The van der Waals surface area contributed by atoms with Crippen molar-refractivity contribution >= 4 is 28.8 Å². The molecule has 4 rings (SSSR count). The molecule has 1 aliphatic heterocycles. The Labute approximate surface area is 204 Å². The number of likely N-dealkylation sites (N-methyl/N-ethyl adjacent to an activating group) is 1. The molecule has 0 spiro atoms. The Bertz CT molecular complexity index is 1050. The molecule has 2 heterocycles. The Morgan fingerprint density at radius 2 is 1.82 bits per heavy atom. The molecule has 1 amide bonds. The third-order valence-electron chi connectivity index (χ3n) is 5.77. The first-order valence-corrected chi connectivity index (χ1v) is 12.3. The number of aryl methyl sites for hydroxylation is 1. The molecule has 33 heavy (non-hydrogen) atoms. The average molecular weight is 485 g/mol. The summed E-state index contributed by atoms with van der Waals surface area (Å²) in [6.45, 7) is 7.05. The van der Waals surface area contributed by atoms with Crippen molar-refractivity contribution in [1.82, 2.24) is 20.1 Å². The Morgan fingerprint density at radius 3 is 2.52 bits per heavy atom. The van der Waals surface area contributed by atoms with Crippen molar-refractivity contribution < 1.29 is 9.53 Å². The van der Waals surface area contributed by atoms with Crippen molar-refractivity contribution in [2.24, 2.45) is 0 Å². The number of carbonyl (C=O) groups is 1. The van der Waals surface area contributed by atoms with E-state index >= 15 is 0 Å². The van der Waals surface area contributed by atoms with E-state index in [-0.39, 0.29) is 11.9 Å². The van der Waals surface area contributed by atoms with Crippen LogP contribution in [0.2, 0.25) is 5.02 Å². The third kappa shape index (κ3) is 6.54. The van der Waals surface area contributed by atoms with Crippen LogP contribution >= 0.6 is 22.9 Å². The number of benzene rings is 2. The van der Waals surface area contributed by atoms with Gasteiger partial charge in [-0.05, 0) is 43.8 Å². The van der Waals surface area contributed by atoms with Crippen LogP contribution in [0.4, 0.5) is 0 Å². The zero-order chi connectivity index (χ0) is 23.2. The number of ether oxygens (including phenoxy) is 1. The number of halogens is 1. The fourth-order valence-corrected chi connectivity index (χ4v) is 4.84. The molecule has 1 atom stereocenters. The quantitative estimate of drug-likeness (QED) is 0.513. The Balaban J connectivity index is 1.43. The lowest BCUT2D eigenvalue weighted by Crippen LogP contribution is -2.47. The SMILES string of the molecule is Cc1nc(COc2ccc(Cl)cc2)sc1C(=O)NC(CN1CCN(C)CC1)c1ccccc1. The molecule has 0 saturated carbocycles. The van der Waals surface area contributed by atoms with E-state index < -0.39 is 0 Å². The van der Waals surface area contributed by atoms with Crippen molar-refractivity contribution in [1.29, 1.82) is 0 Å². The maximum atomic E-state index is 13.2. The van der Waals surface area contributed by atoms with E-state index in [1.807, 2.05) is 37.3 Å². The molecule has 1 fully saturated rings. The number of carbonyl (C=O) groups excluding carboxylic acids is 1. The molecule has 1 N–H and O–H groups in total. The summed E-state index contributed by atoms with van der Waals surface area (Å²) in [5.41, 5.74) is 1.83. The smallest absolute Gasteiger partial charge is 0.263 e. The highest BCUT2D eigenvalue weighted by molar-refractivity contribution is 7.13. The molecule has 1 saturated heterocycles. The fraction of sp³-hybridized carbons (Fsp3) is 0.360. The van der Waals surface area contributed by atoms with Gasteiger partial charge in [-0.2, -0.15) is 0 Å². The molecule has 0 radical (unpaired) electrons. The number of nitrogens with zero attached hydrogens (tertiary/aromatic N) is 3. The Morgan fingerprint density at radius 1 is 1.12 bits per heavy atom. The number of hydrogen-bond donors (Lipinski definition) is 1. The van der Waals surface area contributed by atoms with Gasteiger partial charge in [-0.3, -0.25) is 9.69 Å². The summed E-state index contributed by atoms with van der Waals surface area (Å²) >= 11 is 7.31. The van der Waals surface area contributed by atoms with Gasteiger partial charge >= 0.3 is 0 Å². The molecule has 3 aromatic rings. The van der Waals surface area contributed by atoms with Gasteiger partial charge in [0.05, 0.1) is 11.7 Å². The van der Waals surface area contributed by atoms with Crippen LogP contribution in [0, 0.1) is 6.92 Å². The van der Waals surface area contributed by atoms with Crippen molar-refractivity contribution in [3.63, 3.8) is 0 Å². The molecule has 8 heteroatoms. The van der Waals surface area contributed by atoms with Gasteiger partial charge in [-0.15, -0.1) is 11.3 Å². The summed E-state index contributed by atoms with van der Waals surface area (Å²) in [7, 11) is 2.15. The maximum Gasteiger partial charge on any atom is 0.263 e. The molecular formula is C25H29ClN4O2S. The predicted octanol–water partition coefficient (Wildman–Crippen LogP) is 4.40. The van der Waals surface area contributed by atoms with E-state index in [4.69, 9.17) is 16.3 Å². The van der Waals surface area contributed by atoms with Crippen molar-refractivity contribution in [3.05, 3.63) is 80.8 Å². The fourth-order valence-electron chi connectivity index (χ4n) is 3.83. The summed E-state index contributed by atoms with van der Waals surface area (Å²) in [6, 6.07) is 17.3. The van der Waals surface area contributed by atoms with E-state index in [0.29, 0.717) is 16.5 Å². The molecule has 6 nitrogen and oxygen atoms in total. The molecule has 1 aliphatic rings. The summed E-state index contributed by atoms with van der Waals surface area (Å²) in [6.07, 6.45) is 0. The molecule has 1 unspecified atom stereocenters. The van der Waals surface area contributed by atoms with Crippen LogP contribution in [0.3, 0.4) is 0 Å². The van der Waals surface area contributed by atoms with Gasteiger partial charge in [0.1, 0.15) is 22.2 Å². The predicted molar refractivity (Wildman–Crippen MR) is 133 cm³/mol. The highest BCUT2D eigenvalue weighted by Gasteiger charge is 2.24. The summed E-state index contributed by atoms with van der Waals surface area (Å²) in [5.74, 6) is 0.625. The minimum Gasteiger partial charge on any atom is -0.486 e. The number of hydrogen-bond acceptors (Lipinski definition) is 6. The highest BCUT2D eigenvalue weighted by atomic mass is 35.5. The average Bonchev–Trinajstić information content (AvgIpc) is 3.21. The number of thiazole rings is 1. The summed E-state index contributed by atoms with van der Waals surface area (Å²) < 4.78 is 5.80. The van der Waals surface area contributed by atoms with Gasteiger partial charge in [-0.1, -0.05) is 41.9 Å². The van der Waals surface area contributed by atoms with Gasteiger partial charge < -0.3 is 15.0 Å². The second-order valence-corrected chi connectivity index (χ2v) is 9.83. The van der Waals surface area contributed by atoms with Crippen molar-refractivity contribution in [3.8, 4) is 5.75 Å². The van der Waals surface area contributed by atoms with Crippen molar-refractivity contribution in [2.75, 3.05) is 39.8 Å². The zero-order valence-corrected chi connectivity index (χ0v) is 20.5. The lowest BCUT2D eigenvalue weighted by Gasteiger charge is -2.35. The molecule has 174 valence electrons.